The highest BCUT2D eigenvalue weighted by molar-refractivity contribution is 5.69. The Hall–Kier alpha value is -0.610. The lowest BCUT2D eigenvalue weighted by molar-refractivity contribution is -0.144. The first-order chi connectivity index (χ1) is 7.83. The fourth-order valence-electron chi connectivity index (χ4n) is 1.56. The zero-order valence-corrected chi connectivity index (χ0v) is 10.1. The van der Waals surface area contributed by atoms with Gasteiger partial charge in [0, 0.05) is 6.42 Å². The summed E-state index contributed by atoms with van der Waals surface area (Å²) in [5.74, 6) is -0.0818. The molecule has 4 heteroatoms. The van der Waals surface area contributed by atoms with Crippen molar-refractivity contribution < 1.29 is 19.0 Å². The summed E-state index contributed by atoms with van der Waals surface area (Å²) in [6.07, 6.45) is 5.16. The van der Waals surface area contributed by atoms with Crippen molar-refractivity contribution in [1.82, 2.24) is 0 Å². The van der Waals surface area contributed by atoms with Crippen LogP contribution >= 0.6 is 0 Å². The predicted molar refractivity (Wildman–Crippen MR) is 60.0 cm³/mol. The molecule has 0 bridgehead atoms. The number of rotatable bonds is 8. The molecule has 0 aliphatic carbocycles. The summed E-state index contributed by atoms with van der Waals surface area (Å²) in [7, 11) is 0. The second-order valence-electron chi connectivity index (χ2n) is 3.99. The van der Waals surface area contributed by atoms with E-state index in [0.717, 1.165) is 32.1 Å². The number of hydrogen-bond donors (Lipinski definition) is 0. The van der Waals surface area contributed by atoms with Crippen LogP contribution in [0.15, 0.2) is 0 Å². The van der Waals surface area contributed by atoms with Gasteiger partial charge in [-0.25, -0.2) is 0 Å². The van der Waals surface area contributed by atoms with Crippen molar-refractivity contribution in [3.8, 4) is 0 Å². The van der Waals surface area contributed by atoms with Crippen LogP contribution in [0.3, 0.4) is 0 Å². The first kappa shape index (κ1) is 13.5. The van der Waals surface area contributed by atoms with Crippen LogP contribution in [0.25, 0.3) is 0 Å². The lowest BCUT2D eigenvalue weighted by atomic mass is 10.2. The van der Waals surface area contributed by atoms with Crippen molar-refractivity contribution in [2.45, 2.75) is 51.7 Å². The van der Waals surface area contributed by atoms with Gasteiger partial charge in [0.1, 0.15) is 0 Å². The number of carbonyl (C=O) groups is 1. The standard InChI is InChI=1S/C12H22O4/c1-2-3-8-14-11(13)6-4-5-7-12-15-9-10-16-12/h12H,2-10H2,1H3. The van der Waals surface area contributed by atoms with Crippen molar-refractivity contribution in [2.75, 3.05) is 19.8 Å². The van der Waals surface area contributed by atoms with Crippen molar-refractivity contribution in [1.29, 1.82) is 0 Å². The molecule has 4 nitrogen and oxygen atoms in total. The third-order valence-electron chi connectivity index (χ3n) is 2.52. The van der Waals surface area contributed by atoms with Gasteiger partial charge < -0.3 is 14.2 Å². The number of unbranched alkanes of at least 4 members (excludes halogenated alkanes) is 2. The van der Waals surface area contributed by atoms with Gasteiger partial charge in [-0.05, 0) is 25.7 Å². The molecular formula is C12H22O4. The Morgan fingerprint density at radius 1 is 1.25 bits per heavy atom. The van der Waals surface area contributed by atoms with Gasteiger partial charge in [0.15, 0.2) is 6.29 Å². The Kier molecular flexibility index (Phi) is 7.17. The van der Waals surface area contributed by atoms with E-state index >= 15 is 0 Å². The first-order valence-electron chi connectivity index (χ1n) is 6.21. The zero-order chi connectivity index (χ0) is 11.6. The Balaban J connectivity index is 1.87. The monoisotopic (exact) mass is 230 g/mol. The van der Waals surface area contributed by atoms with E-state index in [2.05, 4.69) is 6.92 Å². The van der Waals surface area contributed by atoms with E-state index in [9.17, 15) is 4.79 Å². The van der Waals surface area contributed by atoms with Crippen molar-refractivity contribution in [3.05, 3.63) is 0 Å². The van der Waals surface area contributed by atoms with E-state index < -0.39 is 0 Å². The van der Waals surface area contributed by atoms with E-state index in [0.29, 0.717) is 26.2 Å². The van der Waals surface area contributed by atoms with Crippen LogP contribution in [0.5, 0.6) is 0 Å². The topological polar surface area (TPSA) is 44.8 Å². The molecule has 1 saturated heterocycles. The molecule has 0 radical (unpaired) electrons. The molecule has 1 heterocycles. The summed E-state index contributed by atoms with van der Waals surface area (Å²) < 4.78 is 15.7. The SMILES string of the molecule is CCCCOC(=O)CCCCC1OCCO1. The summed E-state index contributed by atoms with van der Waals surface area (Å²) in [5, 5.41) is 0. The second-order valence-corrected chi connectivity index (χ2v) is 3.99. The Bertz CT molecular complexity index is 187. The number of hydrogen-bond acceptors (Lipinski definition) is 4. The van der Waals surface area contributed by atoms with E-state index in [4.69, 9.17) is 14.2 Å². The highest BCUT2D eigenvalue weighted by atomic mass is 16.7. The van der Waals surface area contributed by atoms with Gasteiger partial charge in [0.25, 0.3) is 0 Å². The molecule has 1 fully saturated rings. The maximum absolute atomic E-state index is 11.2. The minimum absolute atomic E-state index is 0.0453. The van der Waals surface area contributed by atoms with Gasteiger partial charge in [-0.2, -0.15) is 0 Å². The number of esters is 1. The van der Waals surface area contributed by atoms with Crippen LogP contribution in [0.2, 0.25) is 0 Å². The average Bonchev–Trinajstić information content (AvgIpc) is 2.78. The molecule has 1 aliphatic heterocycles. The summed E-state index contributed by atoms with van der Waals surface area (Å²) in [6, 6.07) is 0. The molecule has 0 atom stereocenters. The quantitative estimate of drug-likeness (QED) is 0.474. The lowest BCUT2D eigenvalue weighted by Gasteiger charge is -2.08. The van der Waals surface area contributed by atoms with E-state index in [1.807, 2.05) is 0 Å². The molecule has 0 aromatic heterocycles. The van der Waals surface area contributed by atoms with Crippen LogP contribution in [-0.4, -0.2) is 32.1 Å². The normalized spacial score (nSPS) is 16.6. The summed E-state index contributed by atoms with van der Waals surface area (Å²) in [6.45, 7) is 4.03. The summed E-state index contributed by atoms with van der Waals surface area (Å²) >= 11 is 0. The predicted octanol–water partition coefficient (Wildman–Crippen LogP) is 2.26. The molecule has 0 amide bonds. The minimum Gasteiger partial charge on any atom is -0.466 e. The van der Waals surface area contributed by atoms with Gasteiger partial charge in [-0.15, -0.1) is 0 Å². The molecule has 16 heavy (non-hydrogen) atoms. The van der Waals surface area contributed by atoms with Crippen LogP contribution in [0.4, 0.5) is 0 Å². The minimum atomic E-state index is -0.0818. The highest BCUT2D eigenvalue weighted by Gasteiger charge is 2.15. The molecule has 0 N–H and O–H groups in total. The van der Waals surface area contributed by atoms with Gasteiger partial charge in [0.2, 0.25) is 0 Å². The third kappa shape index (κ3) is 6.08. The Labute approximate surface area is 97.2 Å². The fourth-order valence-corrected chi connectivity index (χ4v) is 1.56. The number of carbonyl (C=O) groups excluding carboxylic acids is 1. The fraction of sp³-hybridized carbons (Fsp3) is 0.917. The maximum Gasteiger partial charge on any atom is 0.305 e. The van der Waals surface area contributed by atoms with E-state index in [1.54, 1.807) is 0 Å². The zero-order valence-electron chi connectivity index (χ0n) is 10.1. The molecule has 94 valence electrons. The number of ether oxygens (including phenoxy) is 3. The van der Waals surface area contributed by atoms with Crippen molar-refractivity contribution in [3.63, 3.8) is 0 Å². The molecule has 0 aromatic carbocycles. The molecular weight excluding hydrogens is 208 g/mol. The smallest absolute Gasteiger partial charge is 0.305 e. The largest absolute Gasteiger partial charge is 0.466 e. The van der Waals surface area contributed by atoms with Crippen LogP contribution in [0, 0.1) is 0 Å². The van der Waals surface area contributed by atoms with Crippen molar-refractivity contribution in [2.24, 2.45) is 0 Å². The summed E-state index contributed by atoms with van der Waals surface area (Å²) in [5.41, 5.74) is 0. The van der Waals surface area contributed by atoms with E-state index in [-0.39, 0.29) is 12.3 Å². The molecule has 0 saturated carbocycles. The van der Waals surface area contributed by atoms with E-state index in [1.165, 1.54) is 0 Å². The highest BCUT2D eigenvalue weighted by Crippen LogP contribution is 2.12. The molecule has 0 aromatic rings. The van der Waals surface area contributed by atoms with Crippen molar-refractivity contribution >= 4 is 5.97 Å². The molecule has 1 rings (SSSR count). The van der Waals surface area contributed by atoms with Gasteiger partial charge >= 0.3 is 5.97 Å². The Morgan fingerprint density at radius 2 is 2.00 bits per heavy atom. The Morgan fingerprint density at radius 3 is 2.69 bits per heavy atom. The summed E-state index contributed by atoms with van der Waals surface area (Å²) in [4.78, 5) is 11.2. The lowest BCUT2D eigenvalue weighted by Crippen LogP contribution is -2.08. The molecule has 1 aliphatic rings. The molecule has 0 unspecified atom stereocenters. The first-order valence-corrected chi connectivity index (χ1v) is 6.21. The van der Waals surface area contributed by atoms with Gasteiger partial charge in [-0.1, -0.05) is 13.3 Å². The van der Waals surface area contributed by atoms with Gasteiger partial charge in [-0.3, -0.25) is 4.79 Å². The second kappa shape index (κ2) is 8.53. The molecule has 0 spiro atoms. The maximum atomic E-state index is 11.2. The average molecular weight is 230 g/mol. The van der Waals surface area contributed by atoms with Gasteiger partial charge in [0.05, 0.1) is 19.8 Å². The van der Waals surface area contributed by atoms with Crippen LogP contribution in [-0.2, 0) is 19.0 Å². The third-order valence-corrected chi connectivity index (χ3v) is 2.52. The van der Waals surface area contributed by atoms with Crippen LogP contribution in [0.1, 0.15) is 45.4 Å². The van der Waals surface area contributed by atoms with Crippen LogP contribution < -0.4 is 0 Å².